The van der Waals surface area contributed by atoms with Crippen LogP contribution in [-0.2, 0) is 12.6 Å². The summed E-state index contributed by atoms with van der Waals surface area (Å²) in [5.74, 6) is 0. The Morgan fingerprint density at radius 3 is 2.35 bits per heavy atom. The Morgan fingerprint density at radius 1 is 1.24 bits per heavy atom. The number of rotatable bonds is 4. The number of hydrogen-bond donors (Lipinski definition) is 1. The van der Waals surface area contributed by atoms with E-state index in [0.29, 0.717) is 12.0 Å². The van der Waals surface area contributed by atoms with Gasteiger partial charge < -0.3 is 5.32 Å². The van der Waals surface area contributed by atoms with E-state index in [1.54, 1.807) is 6.07 Å². The summed E-state index contributed by atoms with van der Waals surface area (Å²) in [6.07, 6.45) is -3.87. The van der Waals surface area contributed by atoms with Crippen molar-refractivity contribution in [3.8, 4) is 0 Å². The van der Waals surface area contributed by atoms with Crippen molar-refractivity contribution >= 4 is 12.4 Å². The molecule has 0 spiro atoms. The van der Waals surface area contributed by atoms with Crippen LogP contribution < -0.4 is 5.32 Å². The van der Waals surface area contributed by atoms with Gasteiger partial charge in [0.1, 0.15) is 0 Å². The van der Waals surface area contributed by atoms with Crippen molar-refractivity contribution in [1.29, 1.82) is 0 Å². The molecule has 1 atom stereocenters. The minimum absolute atomic E-state index is 0. The van der Waals surface area contributed by atoms with Crippen molar-refractivity contribution in [2.45, 2.75) is 32.5 Å². The second-order valence-corrected chi connectivity index (χ2v) is 3.82. The van der Waals surface area contributed by atoms with Crippen LogP contribution in [-0.4, -0.2) is 12.6 Å². The number of nitrogens with one attached hydrogen (secondary N) is 1. The molecule has 0 amide bonds. The van der Waals surface area contributed by atoms with Crippen molar-refractivity contribution in [1.82, 2.24) is 5.32 Å². The van der Waals surface area contributed by atoms with E-state index in [4.69, 9.17) is 0 Å². The predicted molar refractivity (Wildman–Crippen MR) is 65.5 cm³/mol. The molecule has 0 aliphatic heterocycles. The van der Waals surface area contributed by atoms with Gasteiger partial charge in [0.25, 0.3) is 0 Å². The van der Waals surface area contributed by atoms with Crippen LogP contribution in [0, 0.1) is 0 Å². The zero-order valence-corrected chi connectivity index (χ0v) is 10.7. The highest BCUT2D eigenvalue weighted by Gasteiger charge is 2.32. The minimum Gasteiger partial charge on any atom is -0.314 e. The van der Waals surface area contributed by atoms with Crippen LogP contribution in [0.25, 0.3) is 0 Å². The van der Waals surface area contributed by atoms with E-state index >= 15 is 0 Å². The SMILES string of the molecule is CCNC(C)Cc1ccccc1C(F)(F)F.Cl. The Kier molecular flexibility index (Phi) is 6.57. The lowest BCUT2D eigenvalue weighted by atomic mass is 10.0. The third-order valence-electron chi connectivity index (χ3n) is 2.40. The molecule has 0 radical (unpaired) electrons. The van der Waals surface area contributed by atoms with E-state index in [1.165, 1.54) is 12.1 Å². The average molecular weight is 268 g/mol. The maximum absolute atomic E-state index is 12.7. The zero-order chi connectivity index (χ0) is 12.2. The first kappa shape index (κ1) is 16.3. The fraction of sp³-hybridized carbons (Fsp3) is 0.500. The van der Waals surface area contributed by atoms with Crippen LogP contribution in [0.3, 0.4) is 0 Å². The van der Waals surface area contributed by atoms with E-state index < -0.39 is 11.7 Å². The number of hydrogen-bond acceptors (Lipinski definition) is 1. The quantitative estimate of drug-likeness (QED) is 0.878. The molecule has 0 heterocycles. The van der Waals surface area contributed by atoms with Gasteiger partial charge in [0.15, 0.2) is 0 Å². The largest absolute Gasteiger partial charge is 0.416 e. The van der Waals surface area contributed by atoms with Crippen LogP contribution in [0.2, 0.25) is 0 Å². The molecule has 5 heteroatoms. The van der Waals surface area contributed by atoms with Gasteiger partial charge in [-0.15, -0.1) is 12.4 Å². The molecule has 1 nitrogen and oxygen atoms in total. The van der Waals surface area contributed by atoms with Gasteiger partial charge in [-0.2, -0.15) is 13.2 Å². The van der Waals surface area contributed by atoms with Gasteiger partial charge in [0, 0.05) is 6.04 Å². The molecule has 1 unspecified atom stereocenters. The fourth-order valence-corrected chi connectivity index (χ4v) is 1.73. The van der Waals surface area contributed by atoms with Crippen LogP contribution in [0.5, 0.6) is 0 Å². The highest BCUT2D eigenvalue weighted by Crippen LogP contribution is 2.32. The molecule has 0 saturated carbocycles. The van der Waals surface area contributed by atoms with Crippen molar-refractivity contribution < 1.29 is 13.2 Å². The first-order chi connectivity index (χ1) is 7.45. The van der Waals surface area contributed by atoms with Gasteiger partial charge in [-0.3, -0.25) is 0 Å². The summed E-state index contributed by atoms with van der Waals surface area (Å²) in [5.41, 5.74) is -0.178. The average Bonchev–Trinajstić information content (AvgIpc) is 2.17. The molecule has 17 heavy (non-hydrogen) atoms. The summed E-state index contributed by atoms with van der Waals surface area (Å²) >= 11 is 0. The summed E-state index contributed by atoms with van der Waals surface area (Å²) in [6, 6.07) is 5.78. The lowest BCUT2D eigenvalue weighted by Gasteiger charge is -2.16. The molecule has 0 saturated heterocycles. The lowest BCUT2D eigenvalue weighted by Crippen LogP contribution is -2.28. The van der Waals surface area contributed by atoms with Crippen LogP contribution in [0.4, 0.5) is 13.2 Å². The van der Waals surface area contributed by atoms with Gasteiger partial charge in [-0.25, -0.2) is 0 Å². The number of likely N-dealkylation sites (N-methyl/N-ethyl adjacent to an activating group) is 1. The Balaban J connectivity index is 0.00000256. The van der Waals surface area contributed by atoms with E-state index in [9.17, 15) is 13.2 Å². The minimum atomic E-state index is -4.26. The summed E-state index contributed by atoms with van der Waals surface area (Å²) in [7, 11) is 0. The molecule has 1 aromatic rings. The Labute approximate surface area is 106 Å². The molecule has 0 aliphatic carbocycles. The highest BCUT2D eigenvalue weighted by atomic mass is 35.5. The third kappa shape index (κ3) is 4.96. The van der Waals surface area contributed by atoms with E-state index in [-0.39, 0.29) is 18.4 Å². The zero-order valence-electron chi connectivity index (χ0n) is 9.84. The molecular formula is C12H17ClF3N. The topological polar surface area (TPSA) is 12.0 Å². The summed E-state index contributed by atoms with van der Waals surface area (Å²) in [6.45, 7) is 4.58. The van der Waals surface area contributed by atoms with Gasteiger partial charge in [-0.05, 0) is 31.5 Å². The maximum atomic E-state index is 12.7. The molecule has 98 valence electrons. The summed E-state index contributed by atoms with van der Waals surface area (Å²) < 4.78 is 38.0. The highest BCUT2D eigenvalue weighted by molar-refractivity contribution is 5.85. The van der Waals surface area contributed by atoms with E-state index in [1.807, 2.05) is 13.8 Å². The van der Waals surface area contributed by atoms with Crippen LogP contribution >= 0.6 is 12.4 Å². The Hall–Kier alpha value is -0.740. The number of benzene rings is 1. The normalized spacial score (nSPS) is 13.0. The maximum Gasteiger partial charge on any atom is 0.416 e. The van der Waals surface area contributed by atoms with Gasteiger partial charge in [0.2, 0.25) is 0 Å². The van der Waals surface area contributed by atoms with Gasteiger partial charge >= 0.3 is 6.18 Å². The second kappa shape index (κ2) is 6.87. The van der Waals surface area contributed by atoms with Gasteiger partial charge in [0.05, 0.1) is 5.56 Å². The van der Waals surface area contributed by atoms with Gasteiger partial charge in [-0.1, -0.05) is 25.1 Å². The number of alkyl halides is 3. The number of halogens is 4. The molecular weight excluding hydrogens is 251 g/mol. The molecule has 0 aliphatic rings. The Morgan fingerprint density at radius 2 is 1.82 bits per heavy atom. The predicted octanol–water partition coefficient (Wildman–Crippen LogP) is 3.67. The third-order valence-corrected chi connectivity index (χ3v) is 2.40. The van der Waals surface area contributed by atoms with Crippen LogP contribution in [0.1, 0.15) is 25.0 Å². The van der Waals surface area contributed by atoms with Crippen molar-refractivity contribution in [3.05, 3.63) is 35.4 Å². The second-order valence-electron chi connectivity index (χ2n) is 3.82. The van der Waals surface area contributed by atoms with Crippen LogP contribution in [0.15, 0.2) is 24.3 Å². The smallest absolute Gasteiger partial charge is 0.314 e. The monoisotopic (exact) mass is 267 g/mol. The summed E-state index contributed by atoms with van der Waals surface area (Å²) in [4.78, 5) is 0. The summed E-state index contributed by atoms with van der Waals surface area (Å²) in [5, 5.41) is 3.11. The molecule has 1 rings (SSSR count). The van der Waals surface area contributed by atoms with Crippen molar-refractivity contribution in [2.75, 3.05) is 6.54 Å². The molecule has 0 bridgehead atoms. The Bertz CT molecular complexity index is 339. The first-order valence-electron chi connectivity index (χ1n) is 5.33. The van der Waals surface area contributed by atoms with E-state index in [2.05, 4.69) is 5.32 Å². The van der Waals surface area contributed by atoms with Crippen molar-refractivity contribution in [2.24, 2.45) is 0 Å². The fourth-order valence-electron chi connectivity index (χ4n) is 1.73. The molecule has 1 N–H and O–H groups in total. The standard InChI is InChI=1S/C12H16F3N.ClH/c1-3-16-9(2)8-10-6-4-5-7-11(10)12(13,14)15;/h4-7,9,16H,3,8H2,1-2H3;1H. The first-order valence-corrected chi connectivity index (χ1v) is 5.33. The lowest BCUT2D eigenvalue weighted by molar-refractivity contribution is -0.138. The van der Waals surface area contributed by atoms with E-state index in [0.717, 1.165) is 12.6 Å². The molecule has 0 aromatic heterocycles. The van der Waals surface area contributed by atoms with Crippen molar-refractivity contribution in [3.63, 3.8) is 0 Å². The molecule has 1 aromatic carbocycles. The molecule has 0 fully saturated rings.